The van der Waals surface area contributed by atoms with Gasteiger partial charge in [0.15, 0.2) is 0 Å². The number of hydrogen-bond donors (Lipinski definition) is 0. The second-order valence-corrected chi connectivity index (χ2v) is 9.09. The van der Waals surface area contributed by atoms with Gasteiger partial charge < -0.3 is 9.64 Å². The molecular formula is C21H21ClN2O2S2. The van der Waals surface area contributed by atoms with Gasteiger partial charge in [0.05, 0.1) is 4.88 Å². The molecule has 0 radical (unpaired) electrons. The molecule has 0 spiro atoms. The first-order valence-electron chi connectivity index (χ1n) is 9.17. The summed E-state index contributed by atoms with van der Waals surface area (Å²) in [4.78, 5) is 19.3. The average molecular weight is 433 g/mol. The van der Waals surface area contributed by atoms with Gasteiger partial charge in [-0.15, -0.1) is 22.7 Å². The molecule has 1 aliphatic rings. The Kier molecular flexibility index (Phi) is 6.32. The fraction of sp³-hybridized carbons (Fsp3) is 0.286. The molecule has 28 heavy (non-hydrogen) atoms. The van der Waals surface area contributed by atoms with E-state index in [1.54, 1.807) is 17.4 Å². The molecule has 4 nitrogen and oxygen atoms in total. The highest BCUT2D eigenvalue weighted by Gasteiger charge is 2.23. The maximum Gasteiger partial charge on any atom is 0.264 e. The summed E-state index contributed by atoms with van der Waals surface area (Å²) in [6, 6.07) is 13.5. The highest BCUT2D eigenvalue weighted by molar-refractivity contribution is 7.12. The normalized spacial score (nSPS) is 15.0. The van der Waals surface area contributed by atoms with Crippen molar-refractivity contribution in [2.45, 2.75) is 13.2 Å². The Balaban J connectivity index is 1.28. The third-order valence-electron chi connectivity index (χ3n) is 4.69. The zero-order valence-electron chi connectivity index (χ0n) is 15.3. The van der Waals surface area contributed by atoms with Gasteiger partial charge in [-0.1, -0.05) is 23.7 Å². The van der Waals surface area contributed by atoms with Crippen molar-refractivity contribution in [3.63, 3.8) is 0 Å². The van der Waals surface area contributed by atoms with E-state index in [1.807, 2.05) is 34.5 Å². The Morgan fingerprint density at radius 2 is 1.93 bits per heavy atom. The van der Waals surface area contributed by atoms with E-state index in [0.717, 1.165) is 48.9 Å². The molecule has 146 valence electrons. The zero-order valence-corrected chi connectivity index (χ0v) is 17.7. The molecule has 1 fully saturated rings. The summed E-state index contributed by atoms with van der Waals surface area (Å²) >= 11 is 9.25. The van der Waals surface area contributed by atoms with E-state index in [-0.39, 0.29) is 5.91 Å². The smallest absolute Gasteiger partial charge is 0.264 e. The van der Waals surface area contributed by atoms with Gasteiger partial charge in [0.25, 0.3) is 5.91 Å². The van der Waals surface area contributed by atoms with Crippen LogP contribution in [0.4, 0.5) is 0 Å². The van der Waals surface area contributed by atoms with Gasteiger partial charge in [-0.2, -0.15) is 0 Å². The maximum atomic E-state index is 12.8. The lowest BCUT2D eigenvalue weighted by Gasteiger charge is -2.34. The third-order valence-corrected chi connectivity index (χ3v) is 6.75. The third kappa shape index (κ3) is 4.94. The lowest BCUT2D eigenvalue weighted by Crippen LogP contribution is -2.48. The number of thiophene rings is 2. The van der Waals surface area contributed by atoms with E-state index in [2.05, 4.69) is 22.4 Å². The number of carbonyl (C=O) groups is 1. The maximum absolute atomic E-state index is 12.8. The second kappa shape index (κ2) is 9.09. The van der Waals surface area contributed by atoms with Gasteiger partial charge >= 0.3 is 0 Å². The molecule has 3 heterocycles. The first-order valence-corrected chi connectivity index (χ1v) is 11.3. The molecule has 7 heteroatoms. The molecule has 0 saturated carbocycles. The topological polar surface area (TPSA) is 32.8 Å². The Bertz CT molecular complexity index is 918. The number of halogens is 1. The number of amides is 1. The van der Waals surface area contributed by atoms with Gasteiger partial charge in [-0.3, -0.25) is 9.69 Å². The van der Waals surface area contributed by atoms with Crippen molar-refractivity contribution in [2.24, 2.45) is 0 Å². The van der Waals surface area contributed by atoms with Crippen LogP contribution in [0.15, 0.2) is 53.2 Å². The lowest BCUT2D eigenvalue weighted by molar-refractivity contribution is 0.0634. The molecule has 0 unspecified atom stereocenters. The molecule has 1 aliphatic heterocycles. The van der Waals surface area contributed by atoms with E-state index in [9.17, 15) is 4.79 Å². The zero-order chi connectivity index (χ0) is 19.3. The van der Waals surface area contributed by atoms with Crippen LogP contribution in [0.5, 0.6) is 5.75 Å². The van der Waals surface area contributed by atoms with Crippen LogP contribution in [0, 0.1) is 0 Å². The number of ether oxygens (including phenoxy) is 1. The van der Waals surface area contributed by atoms with Gasteiger partial charge in [0, 0.05) is 48.2 Å². The van der Waals surface area contributed by atoms with E-state index < -0.39 is 0 Å². The molecule has 0 aliphatic carbocycles. The highest BCUT2D eigenvalue weighted by atomic mass is 35.5. The Morgan fingerprint density at radius 3 is 2.68 bits per heavy atom. The first kappa shape index (κ1) is 19.5. The van der Waals surface area contributed by atoms with Crippen molar-refractivity contribution in [1.82, 2.24) is 9.80 Å². The second-order valence-electron chi connectivity index (χ2n) is 6.71. The lowest BCUT2D eigenvalue weighted by atomic mass is 10.2. The monoisotopic (exact) mass is 432 g/mol. The number of benzene rings is 1. The highest BCUT2D eigenvalue weighted by Crippen LogP contribution is 2.22. The minimum absolute atomic E-state index is 0.120. The van der Waals surface area contributed by atoms with Crippen molar-refractivity contribution >= 4 is 40.2 Å². The predicted molar refractivity (Wildman–Crippen MR) is 116 cm³/mol. The fourth-order valence-corrected chi connectivity index (χ4v) is 4.96. The Labute approximate surface area is 177 Å². The number of hydrogen-bond acceptors (Lipinski definition) is 5. The molecule has 2 aromatic heterocycles. The summed E-state index contributed by atoms with van der Waals surface area (Å²) in [6.45, 7) is 4.79. The van der Waals surface area contributed by atoms with Gasteiger partial charge in [0.1, 0.15) is 12.4 Å². The van der Waals surface area contributed by atoms with Crippen molar-refractivity contribution in [3.8, 4) is 5.75 Å². The van der Waals surface area contributed by atoms with Crippen molar-refractivity contribution in [3.05, 3.63) is 73.6 Å². The quantitative estimate of drug-likeness (QED) is 0.549. The van der Waals surface area contributed by atoms with E-state index >= 15 is 0 Å². The molecule has 1 amide bonds. The van der Waals surface area contributed by atoms with Crippen LogP contribution in [-0.2, 0) is 13.2 Å². The molecule has 0 N–H and O–H groups in total. The molecule has 4 rings (SSSR count). The van der Waals surface area contributed by atoms with Crippen LogP contribution >= 0.6 is 34.3 Å². The minimum Gasteiger partial charge on any atom is -0.489 e. The number of rotatable bonds is 6. The molecular weight excluding hydrogens is 412 g/mol. The molecule has 1 saturated heterocycles. The summed E-state index contributed by atoms with van der Waals surface area (Å²) < 4.78 is 5.77. The van der Waals surface area contributed by atoms with Crippen LogP contribution in [-0.4, -0.2) is 41.9 Å². The van der Waals surface area contributed by atoms with Crippen LogP contribution in [0.25, 0.3) is 0 Å². The number of carbonyl (C=O) groups excluding carboxylic acids is 1. The van der Waals surface area contributed by atoms with Gasteiger partial charge in [-0.25, -0.2) is 0 Å². The van der Waals surface area contributed by atoms with Crippen molar-refractivity contribution in [2.75, 3.05) is 26.2 Å². The van der Waals surface area contributed by atoms with Gasteiger partial charge in [-0.05, 0) is 41.1 Å². The number of nitrogens with zero attached hydrogens (tertiary/aromatic N) is 2. The van der Waals surface area contributed by atoms with Gasteiger partial charge in [0.2, 0.25) is 0 Å². The molecule has 3 aromatic rings. The predicted octanol–water partition coefficient (Wildman–Crippen LogP) is 5.00. The molecule has 1 aromatic carbocycles. The average Bonchev–Trinajstić information content (AvgIpc) is 3.39. The van der Waals surface area contributed by atoms with E-state index in [0.29, 0.717) is 11.6 Å². The van der Waals surface area contributed by atoms with E-state index in [4.69, 9.17) is 16.3 Å². The Hall–Kier alpha value is -1.86. The van der Waals surface area contributed by atoms with Crippen LogP contribution in [0.3, 0.4) is 0 Å². The largest absolute Gasteiger partial charge is 0.489 e. The first-order chi connectivity index (χ1) is 13.7. The summed E-state index contributed by atoms with van der Waals surface area (Å²) in [5.41, 5.74) is 1.00. The molecule has 0 bridgehead atoms. The van der Waals surface area contributed by atoms with Crippen LogP contribution in [0.2, 0.25) is 5.02 Å². The molecule has 0 atom stereocenters. The standard InChI is InChI=1S/C21H21ClN2O2S2/c22-17-3-1-4-18(12-17)26-14-16-11-20(28-15-16)21(25)24-8-6-23(7-9-24)13-19-5-2-10-27-19/h1-5,10-12,15H,6-9,13-14H2. The van der Waals surface area contributed by atoms with Crippen molar-refractivity contribution < 1.29 is 9.53 Å². The summed E-state index contributed by atoms with van der Waals surface area (Å²) in [6.07, 6.45) is 0. The van der Waals surface area contributed by atoms with Crippen LogP contribution in [0.1, 0.15) is 20.1 Å². The summed E-state index contributed by atoms with van der Waals surface area (Å²) in [5.74, 6) is 0.850. The van der Waals surface area contributed by atoms with Crippen molar-refractivity contribution in [1.29, 1.82) is 0 Å². The van der Waals surface area contributed by atoms with Crippen LogP contribution < -0.4 is 4.74 Å². The SMILES string of the molecule is O=C(c1cc(COc2cccc(Cl)c2)cs1)N1CCN(Cc2cccs2)CC1. The van der Waals surface area contributed by atoms with E-state index in [1.165, 1.54) is 16.2 Å². The fourth-order valence-electron chi connectivity index (χ4n) is 3.17. The number of piperazine rings is 1. The Morgan fingerprint density at radius 1 is 1.07 bits per heavy atom. The summed E-state index contributed by atoms with van der Waals surface area (Å²) in [5, 5.41) is 4.75. The summed E-state index contributed by atoms with van der Waals surface area (Å²) in [7, 11) is 0. The minimum atomic E-state index is 0.120.